The van der Waals surface area contributed by atoms with Crippen molar-refractivity contribution in [2.75, 3.05) is 5.32 Å². The molecule has 34 heavy (non-hydrogen) atoms. The first-order valence-corrected chi connectivity index (χ1v) is 12.3. The smallest absolute Gasteiger partial charge is 0.0596 e. The van der Waals surface area contributed by atoms with Crippen molar-refractivity contribution < 1.29 is 0 Å². The largest absolute Gasteiger partial charge is 0.354 e. The molecular formula is C32H21NS. The summed E-state index contributed by atoms with van der Waals surface area (Å²) in [5.41, 5.74) is 4.72. The molecule has 0 unspecified atom stereocenters. The zero-order valence-electron chi connectivity index (χ0n) is 18.5. The third-order valence-electron chi connectivity index (χ3n) is 6.62. The molecule has 0 fully saturated rings. The molecule has 0 amide bonds. The molecule has 6 aromatic carbocycles. The maximum absolute atomic E-state index is 3.72. The summed E-state index contributed by atoms with van der Waals surface area (Å²) >= 11 is 1.86. The van der Waals surface area contributed by atoms with E-state index in [4.69, 9.17) is 0 Å². The van der Waals surface area contributed by atoms with Gasteiger partial charge in [-0.2, -0.15) is 0 Å². The molecule has 0 atom stereocenters. The van der Waals surface area contributed by atoms with E-state index >= 15 is 0 Å². The topological polar surface area (TPSA) is 12.0 Å². The number of rotatable bonds is 3. The Bertz CT molecular complexity index is 1830. The first-order chi connectivity index (χ1) is 16.8. The second-order valence-corrected chi connectivity index (χ2v) is 9.76. The standard InChI is InChI=1S/C32H21NS/c1-2-8-23-19-24(14-13-21(23)7-1)22-15-17-26(18-16-22)33-29-20-25-9-3-4-10-27(25)31-28-11-5-6-12-30(28)34-32(29)31/h1-20,33H. The van der Waals surface area contributed by atoms with Gasteiger partial charge in [-0.05, 0) is 63.0 Å². The van der Waals surface area contributed by atoms with Crippen molar-refractivity contribution in [1.29, 1.82) is 0 Å². The van der Waals surface area contributed by atoms with E-state index in [1.54, 1.807) is 0 Å². The summed E-state index contributed by atoms with van der Waals surface area (Å²) in [4.78, 5) is 0. The van der Waals surface area contributed by atoms with Gasteiger partial charge in [0.1, 0.15) is 0 Å². The minimum Gasteiger partial charge on any atom is -0.354 e. The van der Waals surface area contributed by atoms with Crippen LogP contribution in [0.15, 0.2) is 121 Å². The number of anilines is 2. The lowest BCUT2D eigenvalue weighted by Gasteiger charge is -2.11. The van der Waals surface area contributed by atoms with Gasteiger partial charge >= 0.3 is 0 Å². The van der Waals surface area contributed by atoms with Gasteiger partial charge < -0.3 is 5.32 Å². The molecule has 0 aliphatic rings. The predicted octanol–water partition coefficient (Wildman–Crippen LogP) is 9.77. The van der Waals surface area contributed by atoms with Gasteiger partial charge in [0.15, 0.2) is 0 Å². The van der Waals surface area contributed by atoms with Gasteiger partial charge in [-0.3, -0.25) is 0 Å². The normalized spacial score (nSPS) is 11.5. The van der Waals surface area contributed by atoms with Gasteiger partial charge in [0, 0.05) is 21.2 Å². The SMILES string of the molecule is c1ccc2cc(-c3ccc(Nc4cc5ccccc5c5c4sc4ccccc45)cc3)ccc2c1. The molecule has 0 saturated carbocycles. The van der Waals surface area contributed by atoms with Gasteiger partial charge in [0.05, 0.1) is 10.4 Å². The van der Waals surface area contributed by atoms with Crippen molar-refractivity contribution in [3.05, 3.63) is 121 Å². The minimum absolute atomic E-state index is 1.10. The molecule has 2 heteroatoms. The Kier molecular flexibility index (Phi) is 4.39. The predicted molar refractivity (Wildman–Crippen MR) is 150 cm³/mol. The summed E-state index contributed by atoms with van der Waals surface area (Å²) in [7, 11) is 0. The summed E-state index contributed by atoms with van der Waals surface area (Å²) in [6, 6.07) is 43.6. The van der Waals surface area contributed by atoms with Crippen molar-refractivity contribution in [3.8, 4) is 11.1 Å². The van der Waals surface area contributed by atoms with Gasteiger partial charge in [-0.15, -0.1) is 11.3 Å². The van der Waals surface area contributed by atoms with Crippen molar-refractivity contribution in [1.82, 2.24) is 0 Å². The molecule has 160 valence electrons. The van der Waals surface area contributed by atoms with Crippen molar-refractivity contribution in [3.63, 3.8) is 0 Å². The lowest BCUT2D eigenvalue weighted by molar-refractivity contribution is 1.58. The summed E-state index contributed by atoms with van der Waals surface area (Å²) in [6.07, 6.45) is 0. The molecule has 0 spiro atoms. The van der Waals surface area contributed by atoms with Crippen LogP contribution in [0.3, 0.4) is 0 Å². The average molecular weight is 452 g/mol. The maximum atomic E-state index is 3.72. The van der Waals surface area contributed by atoms with Gasteiger partial charge in [-0.25, -0.2) is 0 Å². The lowest BCUT2D eigenvalue weighted by Crippen LogP contribution is -1.91. The van der Waals surface area contributed by atoms with E-state index < -0.39 is 0 Å². The molecule has 0 saturated heterocycles. The Morgan fingerprint density at radius 3 is 2.03 bits per heavy atom. The van der Waals surface area contributed by atoms with Gasteiger partial charge in [-0.1, -0.05) is 91.0 Å². The molecule has 7 aromatic rings. The molecule has 1 aromatic heterocycles. The van der Waals surface area contributed by atoms with E-state index in [-0.39, 0.29) is 0 Å². The Hall–Kier alpha value is -4.14. The van der Waals surface area contributed by atoms with E-state index in [0.717, 1.165) is 11.4 Å². The lowest BCUT2D eigenvalue weighted by atomic mass is 10.0. The van der Waals surface area contributed by atoms with E-state index in [2.05, 4.69) is 127 Å². The highest BCUT2D eigenvalue weighted by molar-refractivity contribution is 7.26. The Morgan fingerprint density at radius 1 is 0.500 bits per heavy atom. The Balaban J connectivity index is 1.31. The fraction of sp³-hybridized carbons (Fsp3) is 0. The highest BCUT2D eigenvalue weighted by Gasteiger charge is 2.13. The first kappa shape index (κ1) is 19.3. The van der Waals surface area contributed by atoms with Crippen molar-refractivity contribution in [2.24, 2.45) is 0 Å². The molecule has 1 nitrogen and oxygen atoms in total. The highest BCUT2D eigenvalue weighted by atomic mass is 32.1. The van der Waals surface area contributed by atoms with Crippen LogP contribution in [0.25, 0.3) is 52.8 Å². The van der Waals surface area contributed by atoms with Crippen LogP contribution in [0.1, 0.15) is 0 Å². The average Bonchev–Trinajstić information content (AvgIpc) is 3.29. The van der Waals surface area contributed by atoms with Crippen LogP contribution in [-0.4, -0.2) is 0 Å². The fourth-order valence-electron chi connectivity index (χ4n) is 4.94. The molecule has 1 N–H and O–H groups in total. The molecule has 1 heterocycles. The van der Waals surface area contributed by atoms with Gasteiger partial charge in [0.25, 0.3) is 0 Å². The fourth-order valence-corrected chi connectivity index (χ4v) is 6.13. The van der Waals surface area contributed by atoms with Crippen LogP contribution in [0, 0.1) is 0 Å². The second-order valence-electron chi connectivity index (χ2n) is 8.71. The number of nitrogens with one attached hydrogen (secondary N) is 1. The molecule has 0 aliphatic carbocycles. The molecule has 7 rings (SSSR count). The second kappa shape index (κ2) is 7.72. The number of hydrogen-bond acceptors (Lipinski definition) is 2. The number of benzene rings is 6. The van der Waals surface area contributed by atoms with E-state index in [1.165, 1.54) is 52.8 Å². The van der Waals surface area contributed by atoms with Gasteiger partial charge in [0.2, 0.25) is 0 Å². The highest BCUT2D eigenvalue weighted by Crippen LogP contribution is 2.43. The summed E-state index contributed by atoms with van der Waals surface area (Å²) in [5, 5.41) is 11.5. The molecular weight excluding hydrogens is 430 g/mol. The van der Waals surface area contributed by atoms with Crippen LogP contribution >= 0.6 is 11.3 Å². The third-order valence-corrected chi connectivity index (χ3v) is 7.82. The third kappa shape index (κ3) is 3.15. The van der Waals surface area contributed by atoms with E-state index in [1.807, 2.05) is 11.3 Å². The van der Waals surface area contributed by atoms with E-state index in [9.17, 15) is 0 Å². The number of hydrogen-bond donors (Lipinski definition) is 1. The Labute approximate surface area is 201 Å². The Morgan fingerprint density at radius 2 is 1.18 bits per heavy atom. The van der Waals surface area contributed by atoms with Crippen LogP contribution in [0.4, 0.5) is 11.4 Å². The first-order valence-electron chi connectivity index (χ1n) is 11.5. The van der Waals surface area contributed by atoms with Crippen LogP contribution in [0.2, 0.25) is 0 Å². The van der Waals surface area contributed by atoms with Crippen LogP contribution in [-0.2, 0) is 0 Å². The summed E-state index contributed by atoms with van der Waals surface area (Å²) in [5.74, 6) is 0. The monoisotopic (exact) mass is 451 g/mol. The van der Waals surface area contributed by atoms with E-state index in [0.29, 0.717) is 0 Å². The number of fused-ring (bicyclic) bond motifs is 6. The summed E-state index contributed by atoms with van der Waals surface area (Å²) in [6.45, 7) is 0. The van der Waals surface area contributed by atoms with Crippen molar-refractivity contribution >= 4 is 64.4 Å². The molecule has 0 radical (unpaired) electrons. The minimum atomic E-state index is 1.10. The molecule has 0 bridgehead atoms. The zero-order chi connectivity index (χ0) is 22.5. The van der Waals surface area contributed by atoms with Crippen molar-refractivity contribution in [2.45, 2.75) is 0 Å². The quantitative estimate of drug-likeness (QED) is 0.282. The summed E-state index contributed by atoms with van der Waals surface area (Å²) < 4.78 is 2.63. The molecule has 0 aliphatic heterocycles. The van der Waals surface area contributed by atoms with Crippen LogP contribution < -0.4 is 5.32 Å². The maximum Gasteiger partial charge on any atom is 0.0596 e. The number of thiophene rings is 1. The van der Waals surface area contributed by atoms with Crippen LogP contribution in [0.5, 0.6) is 0 Å². The zero-order valence-corrected chi connectivity index (χ0v) is 19.3.